The number of hydrogen-bond donors (Lipinski definition) is 2. The number of nitrogens with one attached hydrogen (secondary N) is 2. The van der Waals surface area contributed by atoms with Gasteiger partial charge in [0.25, 0.3) is 0 Å². The van der Waals surface area contributed by atoms with Gasteiger partial charge in [0.1, 0.15) is 0 Å². The van der Waals surface area contributed by atoms with Crippen LogP contribution in [0.2, 0.25) is 0 Å². The van der Waals surface area contributed by atoms with Gasteiger partial charge in [-0.1, -0.05) is 0 Å². The monoisotopic (exact) mass is 273 g/mol. The molecule has 1 amide bonds. The fourth-order valence-electron chi connectivity index (χ4n) is 3.64. The second kappa shape index (κ2) is 5.92. The summed E-state index contributed by atoms with van der Waals surface area (Å²) in [5.74, 6) is 0.735. The molecule has 3 unspecified atom stereocenters. The maximum atomic E-state index is 12.2. The van der Waals surface area contributed by atoms with E-state index in [0.29, 0.717) is 24.4 Å². The fourth-order valence-corrected chi connectivity index (χ4v) is 3.64. The van der Waals surface area contributed by atoms with E-state index in [-0.39, 0.29) is 11.9 Å². The van der Waals surface area contributed by atoms with Crippen LogP contribution in [-0.2, 0) is 4.79 Å². The summed E-state index contributed by atoms with van der Waals surface area (Å²) in [5.41, 5.74) is 1.11. The minimum absolute atomic E-state index is 0.0592. The normalized spacial score (nSPS) is 29.9. The molecule has 4 nitrogen and oxygen atoms in total. The highest BCUT2D eigenvalue weighted by Crippen LogP contribution is 2.32. The first-order chi connectivity index (χ1) is 9.70. The highest BCUT2D eigenvalue weighted by molar-refractivity contribution is 5.76. The lowest BCUT2D eigenvalue weighted by atomic mass is 9.89. The number of nitrogens with zero attached hydrogens (tertiary/aromatic N) is 1. The third-order valence-electron chi connectivity index (χ3n) is 4.63. The van der Waals surface area contributed by atoms with Crippen LogP contribution in [-0.4, -0.2) is 23.0 Å². The second-order valence-corrected chi connectivity index (χ2v) is 6.25. The Hall–Kier alpha value is -1.42. The summed E-state index contributed by atoms with van der Waals surface area (Å²) in [5, 5.41) is 6.73. The summed E-state index contributed by atoms with van der Waals surface area (Å²) in [6.45, 7) is 2.03. The first-order valence-corrected chi connectivity index (χ1v) is 7.66. The molecule has 3 atom stereocenters. The van der Waals surface area contributed by atoms with Crippen molar-refractivity contribution < 1.29 is 4.79 Å². The number of piperidine rings is 1. The number of pyridine rings is 1. The van der Waals surface area contributed by atoms with E-state index in [9.17, 15) is 4.79 Å². The van der Waals surface area contributed by atoms with Crippen molar-refractivity contribution in [3.8, 4) is 0 Å². The Kier molecular flexibility index (Phi) is 4.01. The summed E-state index contributed by atoms with van der Waals surface area (Å²) in [6.07, 6.45) is 9.10. The number of carbonyl (C=O) groups excluding carboxylic acids is 1. The number of carbonyl (C=O) groups is 1. The van der Waals surface area contributed by atoms with Crippen molar-refractivity contribution >= 4 is 5.91 Å². The SMILES string of the molecule is CC(NC(=O)CC1CC2CCC(C1)N2)c1ccncc1. The number of aromatic nitrogens is 1. The zero-order chi connectivity index (χ0) is 13.9. The van der Waals surface area contributed by atoms with Crippen LogP contribution in [0.15, 0.2) is 24.5 Å². The molecule has 0 aromatic carbocycles. The molecule has 3 heterocycles. The van der Waals surface area contributed by atoms with Gasteiger partial charge in [0.2, 0.25) is 5.91 Å². The third kappa shape index (κ3) is 3.18. The number of fused-ring (bicyclic) bond motifs is 2. The molecular formula is C16H23N3O. The van der Waals surface area contributed by atoms with Gasteiger partial charge in [-0.05, 0) is 56.2 Å². The molecule has 2 bridgehead atoms. The van der Waals surface area contributed by atoms with Crippen LogP contribution in [0.4, 0.5) is 0 Å². The van der Waals surface area contributed by atoms with Crippen molar-refractivity contribution in [3.63, 3.8) is 0 Å². The highest BCUT2D eigenvalue weighted by atomic mass is 16.1. The van der Waals surface area contributed by atoms with Crippen molar-refractivity contribution in [2.45, 2.75) is 57.2 Å². The maximum absolute atomic E-state index is 12.2. The van der Waals surface area contributed by atoms with E-state index >= 15 is 0 Å². The van der Waals surface area contributed by atoms with Crippen LogP contribution < -0.4 is 10.6 Å². The van der Waals surface area contributed by atoms with Gasteiger partial charge in [-0.2, -0.15) is 0 Å². The highest BCUT2D eigenvalue weighted by Gasteiger charge is 2.34. The van der Waals surface area contributed by atoms with Crippen molar-refractivity contribution in [2.24, 2.45) is 5.92 Å². The van der Waals surface area contributed by atoms with Crippen molar-refractivity contribution in [1.82, 2.24) is 15.6 Å². The molecule has 4 heteroatoms. The first-order valence-electron chi connectivity index (χ1n) is 7.66. The summed E-state index contributed by atoms with van der Waals surface area (Å²) in [7, 11) is 0. The zero-order valence-electron chi connectivity index (χ0n) is 12.0. The minimum Gasteiger partial charge on any atom is -0.350 e. The molecule has 0 radical (unpaired) electrons. The van der Waals surface area contributed by atoms with E-state index in [0.717, 1.165) is 18.4 Å². The Labute approximate surface area is 120 Å². The van der Waals surface area contributed by atoms with Crippen LogP contribution >= 0.6 is 0 Å². The van der Waals surface area contributed by atoms with Crippen molar-refractivity contribution in [2.75, 3.05) is 0 Å². The van der Waals surface area contributed by atoms with Crippen LogP contribution in [0.5, 0.6) is 0 Å². The molecule has 20 heavy (non-hydrogen) atoms. The Morgan fingerprint density at radius 3 is 2.65 bits per heavy atom. The summed E-state index contributed by atoms with van der Waals surface area (Å²) >= 11 is 0. The first kappa shape index (κ1) is 13.6. The van der Waals surface area contributed by atoms with Gasteiger partial charge < -0.3 is 10.6 Å². The summed E-state index contributed by atoms with van der Waals surface area (Å²) < 4.78 is 0. The lowest BCUT2D eigenvalue weighted by Crippen LogP contribution is -2.40. The molecule has 2 saturated heterocycles. The van der Waals surface area contributed by atoms with E-state index in [1.807, 2.05) is 19.1 Å². The standard InChI is InChI=1S/C16H23N3O/c1-11(13-4-6-17-7-5-13)18-16(20)10-12-8-14-2-3-15(9-12)19-14/h4-7,11-12,14-15,19H,2-3,8-10H2,1H3,(H,18,20). The molecule has 108 valence electrons. The van der Waals surface area contributed by atoms with Gasteiger partial charge in [0.15, 0.2) is 0 Å². The molecule has 3 rings (SSSR count). The van der Waals surface area contributed by atoms with Crippen LogP contribution in [0.1, 0.15) is 50.6 Å². The van der Waals surface area contributed by atoms with Gasteiger partial charge in [-0.15, -0.1) is 0 Å². The van der Waals surface area contributed by atoms with Gasteiger partial charge in [-0.3, -0.25) is 9.78 Å². The molecular weight excluding hydrogens is 250 g/mol. The topological polar surface area (TPSA) is 54.0 Å². The largest absolute Gasteiger partial charge is 0.350 e. The van der Waals surface area contributed by atoms with E-state index in [2.05, 4.69) is 15.6 Å². The average molecular weight is 273 g/mol. The predicted molar refractivity (Wildman–Crippen MR) is 78.1 cm³/mol. The Morgan fingerprint density at radius 2 is 2.00 bits per heavy atom. The summed E-state index contributed by atoms with van der Waals surface area (Å²) in [4.78, 5) is 16.2. The van der Waals surface area contributed by atoms with Crippen molar-refractivity contribution in [3.05, 3.63) is 30.1 Å². The molecule has 0 saturated carbocycles. The van der Waals surface area contributed by atoms with Gasteiger partial charge in [-0.25, -0.2) is 0 Å². The molecule has 2 fully saturated rings. The quantitative estimate of drug-likeness (QED) is 0.884. The van der Waals surface area contributed by atoms with Gasteiger partial charge in [0, 0.05) is 30.9 Å². The number of amides is 1. The Balaban J connectivity index is 1.50. The molecule has 2 N–H and O–H groups in total. The lowest BCUT2D eigenvalue weighted by molar-refractivity contribution is -0.122. The number of hydrogen-bond acceptors (Lipinski definition) is 3. The molecule has 1 aromatic heterocycles. The number of rotatable bonds is 4. The lowest BCUT2D eigenvalue weighted by Gasteiger charge is -2.29. The van der Waals surface area contributed by atoms with Crippen molar-refractivity contribution in [1.29, 1.82) is 0 Å². The fraction of sp³-hybridized carbons (Fsp3) is 0.625. The molecule has 1 aromatic rings. The maximum Gasteiger partial charge on any atom is 0.220 e. The van der Waals surface area contributed by atoms with Gasteiger partial charge >= 0.3 is 0 Å². The van der Waals surface area contributed by atoms with Gasteiger partial charge in [0.05, 0.1) is 6.04 Å². The Bertz CT molecular complexity index is 450. The van der Waals surface area contributed by atoms with E-state index in [4.69, 9.17) is 0 Å². The van der Waals surface area contributed by atoms with Crippen LogP contribution in [0.25, 0.3) is 0 Å². The van der Waals surface area contributed by atoms with E-state index < -0.39 is 0 Å². The minimum atomic E-state index is 0.0592. The average Bonchev–Trinajstić information content (AvgIpc) is 2.78. The van der Waals surface area contributed by atoms with Crippen LogP contribution in [0.3, 0.4) is 0 Å². The van der Waals surface area contributed by atoms with Crippen LogP contribution in [0, 0.1) is 5.92 Å². The van der Waals surface area contributed by atoms with E-state index in [1.165, 1.54) is 12.8 Å². The summed E-state index contributed by atoms with van der Waals surface area (Å²) in [6, 6.07) is 5.28. The predicted octanol–water partition coefficient (Wildman–Crippen LogP) is 2.18. The smallest absolute Gasteiger partial charge is 0.220 e. The Morgan fingerprint density at radius 1 is 1.35 bits per heavy atom. The molecule has 0 aliphatic carbocycles. The molecule has 2 aliphatic rings. The van der Waals surface area contributed by atoms with E-state index in [1.54, 1.807) is 12.4 Å². The molecule has 0 spiro atoms. The molecule has 2 aliphatic heterocycles. The zero-order valence-corrected chi connectivity index (χ0v) is 12.0. The third-order valence-corrected chi connectivity index (χ3v) is 4.63. The second-order valence-electron chi connectivity index (χ2n) is 6.25.